The van der Waals surface area contributed by atoms with Gasteiger partial charge in [0, 0.05) is 59.3 Å². The van der Waals surface area contributed by atoms with Gasteiger partial charge in [0.25, 0.3) is 15.6 Å². The van der Waals surface area contributed by atoms with Gasteiger partial charge in [0.2, 0.25) is 11.8 Å². The molecule has 3 N–H and O–H groups in total. The van der Waals surface area contributed by atoms with Gasteiger partial charge >= 0.3 is 35.6 Å². The van der Waals surface area contributed by atoms with Crippen LogP contribution in [0.5, 0.6) is 17.8 Å². The number of hydrogen-bond acceptors (Lipinski definition) is 23. The zero-order valence-corrected chi connectivity index (χ0v) is 59.8. The number of aromatic nitrogens is 7. The van der Waals surface area contributed by atoms with Crippen molar-refractivity contribution in [2.75, 3.05) is 39.8 Å². The maximum Gasteiger partial charge on any atom is 0.360 e. The normalized spacial score (nSPS) is 13.9. The zero-order chi connectivity index (χ0) is 73.3. The molecule has 0 aliphatic carbocycles. The number of rotatable bonds is 16. The van der Waals surface area contributed by atoms with Gasteiger partial charge in [-0.1, -0.05) is 103 Å². The van der Waals surface area contributed by atoms with E-state index in [2.05, 4.69) is 53.4 Å². The standard InChI is InChI=1S/C23H32N2O4.C18H17NO3.C16H17N3O5S.C11H12N4O7S2/c1-7-16-13-15(3)14-17(8-2)18(16)19-20(26)24-9-11-28-12-10-25(24)21(19)29-22(27)23(4,5)6;1-2-21-17(20)16-13-18(22-19-16,14-9-5-3-6-10-14)15-11-7-4-8-12-15;1-9-10(15(20)11-8-17-19(2)16(11)21)4-5-13(25(3,22)23)14(9)12-6-7-24-18-12;1-5-7(6(4-23-5)8(16)17)24(20,21)13-9(18)15-11(19)14(2)10(12-15)22-3/h13-14H,7-12H2,1-6H3;3-12H,2,13H2,1H3;4-5,8,21H,6-7H2,1-3H3;4H,1-3H3,(H,13,18)(H,16,17). The molecule has 0 radical (unpaired) electrons. The number of ketones is 1. The van der Waals surface area contributed by atoms with E-state index in [9.17, 15) is 55.5 Å². The van der Waals surface area contributed by atoms with Crippen molar-refractivity contribution in [3.8, 4) is 28.9 Å². The highest BCUT2D eigenvalue weighted by atomic mass is 32.2. The molecule has 0 spiro atoms. The van der Waals surface area contributed by atoms with E-state index >= 15 is 0 Å². The molecule has 7 heterocycles. The van der Waals surface area contributed by atoms with Crippen LogP contribution in [0.25, 0.3) is 11.1 Å². The molecule has 100 heavy (non-hydrogen) atoms. The van der Waals surface area contributed by atoms with E-state index in [4.69, 9.17) is 33.7 Å². The lowest BCUT2D eigenvalue weighted by molar-refractivity contribution is -0.143. The first-order valence-corrected chi connectivity index (χ1v) is 35.7. The molecule has 3 aliphatic heterocycles. The Hall–Kier alpha value is -10.3. The first-order chi connectivity index (χ1) is 47.3. The van der Waals surface area contributed by atoms with Gasteiger partial charge < -0.3 is 38.8 Å². The number of sulfone groups is 1. The smallest absolute Gasteiger partial charge is 0.360 e. The largest absolute Gasteiger partial charge is 0.493 e. The van der Waals surface area contributed by atoms with Crippen LogP contribution in [0, 0.1) is 26.2 Å². The van der Waals surface area contributed by atoms with Crippen molar-refractivity contribution in [1.82, 2.24) is 38.2 Å². The van der Waals surface area contributed by atoms with E-state index < -0.39 is 70.8 Å². The summed E-state index contributed by atoms with van der Waals surface area (Å²) in [4.78, 5) is 96.6. The van der Waals surface area contributed by atoms with Crippen LogP contribution >= 0.6 is 11.3 Å². The number of fused-ring (bicyclic) bond motifs is 1. The lowest BCUT2D eigenvalue weighted by Crippen LogP contribution is -2.40. The highest BCUT2D eigenvalue weighted by Crippen LogP contribution is 2.42. The maximum absolute atomic E-state index is 13.5. The van der Waals surface area contributed by atoms with Gasteiger partial charge in [0.1, 0.15) is 22.6 Å². The number of hydrogen-bond donors (Lipinski definition) is 3. The van der Waals surface area contributed by atoms with Crippen LogP contribution in [0.4, 0.5) is 4.79 Å². The van der Waals surface area contributed by atoms with E-state index in [1.165, 1.54) is 56.7 Å². The van der Waals surface area contributed by atoms with Gasteiger partial charge in [-0.05, 0) is 95.7 Å². The number of ether oxygens (including phenoxy) is 4. The number of carbonyl (C=O) groups excluding carboxylic acids is 4. The van der Waals surface area contributed by atoms with Crippen LogP contribution in [0.2, 0.25) is 0 Å². The Morgan fingerprint density at radius 1 is 0.790 bits per heavy atom. The SMILES string of the molecule is CCOC(=O)C1=NOC(c2ccccc2)(c2ccccc2)C1.CCc1cc(C)cc(CC)c1-c1c(OC(=O)C(C)(C)C)n2n(c1=O)CCOCC2.COc1nn(C(=O)NS(=O)(=O)c2c(C(=O)O)csc2C)c(=O)n1C.Cc1c(C(=O)c2cnn(C)c2O)ccc(S(C)(=O)=O)c1C1=NOCC1. The van der Waals surface area contributed by atoms with E-state index in [1.807, 2.05) is 81.4 Å². The number of aryl methyl sites for hydroxylation is 5. The Kier molecular flexibility index (Phi) is 23.6. The first-order valence-electron chi connectivity index (χ1n) is 31.4. The molecule has 0 saturated heterocycles. The third kappa shape index (κ3) is 16.0. The topological polar surface area (TPSA) is 371 Å². The second kappa shape index (κ2) is 31.3. The summed E-state index contributed by atoms with van der Waals surface area (Å²) in [6.07, 6.45) is 4.79. The summed E-state index contributed by atoms with van der Waals surface area (Å²) in [5.41, 5.74) is 5.72. The number of carboxylic acids is 1. The summed E-state index contributed by atoms with van der Waals surface area (Å²) in [6.45, 7) is 19.0. The molecule has 4 aromatic heterocycles. The summed E-state index contributed by atoms with van der Waals surface area (Å²) in [6, 6.07) is 25.1. The van der Waals surface area contributed by atoms with Crippen LogP contribution in [-0.4, -0.2) is 141 Å². The number of carboxylic acid groups (broad SMARTS) is 1. The Bertz CT molecular complexity index is 4800. The first kappa shape index (κ1) is 75.5. The average molecular weight is 1440 g/mol. The Labute approximate surface area is 580 Å². The van der Waals surface area contributed by atoms with Crippen LogP contribution in [0.1, 0.15) is 124 Å². The molecule has 0 saturated carbocycles. The van der Waals surface area contributed by atoms with Crippen molar-refractivity contribution < 1.29 is 79.6 Å². The lowest BCUT2D eigenvalue weighted by Gasteiger charge is -2.27. The Morgan fingerprint density at radius 3 is 1.91 bits per heavy atom. The van der Waals surface area contributed by atoms with E-state index in [0.717, 1.165) is 68.2 Å². The summed E-state index contributed by atoms with van der Waals surface area (Å²) in [5, 5.41) is 35.5. The Morgan fingerprint density at radius 2 is 1.40 bits per heavy atom. The molecule has 0 atom stereocenters. The highest BCUT2D eigenvalue weighted by Gasteiger charge is 2.45. The van der Waals surface area contributed by atoms with Crippen LogP contribution < -0.4 is 25.4 Å². The van der Waals surface area contributed by atoms with Crippen molar-refractivity contribution in [3.63, 3.8) is 0 Å². The van der Waals surface area contributed by atoms with E-state index in [-0.39, 0.29) is 49.0 Å². The van der Waals surface area contributed by atoms with Gasteiger partial charge in [0.15, 0.2) is 26.9 Å². The Balaban J connectivity index is 0.000000170. The molecule has 4 aromatic carbocycles. The molecule has 32 heteroatoms. The van der Waals surface area contributed by atoms with Gasteiger partial charge in [-0.2, -0.15) is 5.10 Å². The van der Waals surface area contributed by atoms with Crippen molar-refractivity contribution >= 4 is 72.3 Å². The molecule has 0 unspecified atom stereocenters. The number of thiophene rings is 1. The number of esters is 2. The number of amides is 1. The monoisotopic (exact) mass is 1430 g/mol. The van der Waals surface area contributed by atoms with E-state index in [1.54, 1.807) is 27.9 Å². The predicted molar refractivity (Wildman–Crippen MR) is 368 cm³/mol. The highest BCUT2D eigenvalue weighted by molar-refractivity contribution is 7.91. The summed E-state index contributed by atoms with van der Waals surface area (Å²) in [5.74, 6) is -2.58. The molecule has 11 rings (SSSR count). The van der Waals surface area contributed by atoms with Crippen molar-refractivity contribution in [3.05, 3.63) is 178 Å². The molecule has 3 aliphatic rings. The molecular formula is C68H78N10O19S3. The molecule has 8 aromatic rings. The van der Waals surface area contributed by atoms with Gasteiger partial charge in [-0.25, -0.2) is 59.3 Å². The summed E-state index contributed by atoms with van der Waals surface area (Å²) in [7, 11) is -4.03. The third-order valence-electron chi connectivity index (χ3n) is 16.1. The number of nitrogens with one attached hydrogen (secondary N) is 1. The third-order valence-corrected chi connectivity index (χ3v) is 19.8. The molecule has 532 valence electrons. The molecule has 29 nitrogen and oxygen atoms in total. The molecule has 1 amide bonds. The van der Waals surface area contributed by atoms with Crippen molar-refractivity contribution in [2.24, 2.45) is 29.8 Å². The van der Waals surface area contributed by atoms with Gasteiger partial charge in [0.05, 0.1) is 74.2 Å². The van der Waals surface area contributed by atoms with Crippen molar-refractivity contribution in [1.29, 1.82) is 0 Å². The molecule has 0 bridgehead atoms. The van der Waals surface area contributed by atoms with Gasteiger partial charge in [-0.15, -0.1) is 21.1 Å². The fraction of sp³-hybridized carbons (Fsp3) is 0.368. The van der Waals surface area contributed by atoms with E-state index in [0.29, 0.717) is 86.4 Å². The minimum Gasteiger partial charge on any atom is -0.493 e. The number of sulfonamides is 1. The number of oxime groups is 2. The number of aromatic hydroxyl groups is 1. The number of aromatic carboxylic acids is 1. The lowest BCUT2D eigenvalue weighted by atomic mass is 9.82. The second-order valence-electron chi connectivity index (χ2n) is 24.1. The van der Waals surface area contributed by atoms with Crippen LogP contribution in [-0.2, 0) is 94.2 Å². The fourth-order valence-corrected chi connectivity index (χ4v) is 14.6. The number of methoxy groups -OCH3 is 1. The number of nitrogens with zero attached hydrogens (tertiary/aromatic N) is 9. The molecular weight excluding hydrogens is 1360 g/mol. The quantitative estimate of drug-likeness (QED) is 0.0613. The zero-order valence-electron chi connectivity index (χ0n) is 57.4. The van der Waals surface area contributed by atoms with Crippen LogP contribution in [0.3, 0.4) is 0 Å². The number of benzene rings is 4. The summed E-state index contributed by atoms with van der Waals surface area (Å²) < 4.78 is 77.6. The fourth-order valence-electron chi connectivity index (χ4n) is 11.1. The summed E-state index contributed by atoms with van der Waals surface area (Å²) >= 11 is 0.903. The minimum atomic E-state index is -4.52. The van der Waals surface area contributed by atoms with Gasteiger partial charge in [-0.3, -0.25) is 14.4 Å². The molecule has 0 fully saturated rings. The maximum atomic E-state index is 13.5. The van der Waals surface area contributed by atoms with Crippen LogP contribution in [0.15, 0.2) is 126 Å². The predicted octanol–water partition coefficient (Wildman–Crippen LogP) is 7.80. The van der Waals surface area contributed by atoms with Crippen molar-refractivity contribution in [2.45, 2.75) is 116 Å². The second-order valence-corrected chi connectivity index (χ2v) is 28.8. The average Bonchev–Trinajstić information content (AvgIpc) is 1.52. The minimum absolute atomic E-state index is 0.0493. The number of carbonyl (C=O) groups is 5.